The average molecular weight is 420 g/mol. The van der Waals surface area contributed by atoms with E-state index in [9.17, 15) is 43.5 Å². The number of hydrogen-bond donors (Lipinski definition) is 1. The normalized spacial score (nSPS) is 11.6. The lowest BCUT2D eigenvalue weighted by Crippen LogP contribution is -2.12. The molecule has 0 bridgehead atoms. The second kappa shape index (κ2) is 6.81. The average Bonchev–Trinajstić information content (AvgIpc) is 2.57. The molecule has 2 aromatic rings. The molecule has 0 saturated carbocycles. The minimum Gasteiger partial charge on any atom is -0.444 e. The summed E-state index contributed by atoms with van der Waals surface area (Å²) in [6.07, 6.45) is 0.363. The third kappa shape index (κ3) is 3.23. The first-order chi connectivity index (χ1) is 12.3. The van der Waals surface area contributed by atoms with Crippen LogP contribution in [0.15, 0.2) is 11.5 Å². The van der Waals surface area contributed by atoms with Gasteiger partial charge in [-0.05, 0) is 0 Å². The fraction of sp³-hybridized carbons (Fsp3) is 0. The van der Waals surface area contributed by atoms with Gasteiger partial charge in [0.2, 0.25) is 34.8 Å². The van der Waals surface area contributed by atoms with Crippen LogP contribution in [0.4, 0.5) is 35.1 Å². The molecule has 0 radical (unpaired) electrons. The molecular weight excluding hydrogens is 416 g/mol. The molecule has 0 aliphatic carbocycles. The summed E-state index contributed by atoms with van der Waals surface area (Å²) in [4.78, 5) is -2.45. The van der Waals surface area contributed by atoms with Crippen LogP contribution in [0.3, 0.4) is 0 Å². The van der Waals surface area contributed by atoms with Crippen molar-refractivity contribution in [2.45, 2.75) is 4.90 Å². The Labute approximate surface area is 145 Å². The third-order valence-electron chi connectivity index (χ3n) is 3.11. The van der Waals surface area contributed by atoms with Gasteiger partial charge in [0.05, 0.1) is 5.56 Å². The first-order valence-electron chi connectivity index (χ1n) is 6.34. The lowest BCUT2D eigenvalue weighted by atomic mass is 10.1. The summed E-state index contributed by atoms with van der Waals surface area (Å²) in [6, 6.07) is 0. The predicted molar refractivity (Wildman–Crippen MR) is 72.5 cm³/mol. The summed E-state index contributed by atoms with van der Waals surface area (Å²) in [5.74, 6) is -24.0. The maximum absolute atomic E-state index is 13.8. The standard InChI is InChI=1S/C14H4F8O4S/c1-2-3-4(15)6(17)12(7(18)5(3)16)26-13-8(19)10(21)14(27(23,24)25)11(22)9(13)20/h2H,1H2,(H,23,24,25). The van der Waals surface area contributed by atoms with Gasteiger partial charge in [0.15, 0.2) is 28.2 Å². The molecule has 13 heteroatoms. The number of halogens is 8. The van der Waals surface area contributed by atoms with E-state index in [1.54, 1.807) is 0 Å². The molecule has 0 spiro atoms. The van der Waals surface area contributed by atoms with Crippen LogP contribution in [0.2, 0.25) is 0 Å². The van der Waals surface area contributed by atoms with E-state index in [0.717, 1.165) is 0 Å². The summed E-state index contributed by atoms with van der Waals surface area (Å²) < 4.78 is 144. The Morgan fingerprint density at radius 1 is 0.704 bits per heavy atom. The molecule has 0 amide bonds. The molecular formula is C14H4F8O4S. The first kappa shape index (κ1) is 20.6. The zero-order chi connectivity index (χ0) is 20.8. The third-order valence-corrected chi connectivity index (χ3v) is 3.98. The zero-order valence-corrected chi connectivity index (χ0v) is 13.2. The van der Waals surface area contributed by atoms with Gasteiger partial charge in [0, 0.05) is 0 Å². The second-order valence-electron chi connectivity index (χ2n) is 4.69. The highest BCUT2D eigenvalue weighted by molar-refractivity contribution is 7.85. The largest absolute Gasteiger partial charge is 0.444 e. The number of ether oxygens (including phenoxy) is 1. The Balaban J connectivity index is 2.80. The molecule has 1 N–H and O–H groups in total. The monoisotopic (exact) mass is 420 g/mol. The SMILES string of the molecule is C=Cc1c(F)c(F)c(Oc2c(F)c(F)c(S(=O)(=O)O)c(F)c2F)c(F)c1F. The van der Waals surface area contributed by atoms with E-state index in [1.165, 1.54) is 0 Å². The summed E-state index contributed by atoms with van der Waals surface area (Å²) in [7, 11) is -5.80. The molecule has 0 aliphatic heterocycles. The van der Waals surface area contributed by atoms with Crippen LogP contribution in [-0.4, -0.2) is 13.0 Å². The van der Waals surface area contributed by atoms with E-state index >= 15 is 0 Å². The van der Waals surface area contributed by atoms with Crippen molar-refractivity contribution in [3.63, 3.8) is 0 Å². The molecule has 4 nitrogen and oxygen atoms in total. The van der Waals surface area contributed by atoms with Gasteiger partial charge in [-0.1, -0.05) is 12.7 Å². The first-order valence-corrected chi connectivity index (χ1v) is 7.78. The van der Waals surface area contributed by atoms with E-state index < -0.39 is 78.6 Å². The van der Waals surface area contributed by atoms with Crippen LogP contribution in [-0.2, 0) is 10.1 Å². The zero-order valence-electron chi connectivity index (χ0n) is 12.4. The highest BCUT2D eigenvalue weighted by atomic mass is 32.2. The van der Waals surface area contributed by atoms with Crippen molar-refractivity contribution in [3.8, 4) is 11.5 Å². The van der Waals surface area contributed by atoms with Crippen molar-refractivity contribution in [1.82, 2.24) is 0 Å². The second-order valence-corrected chi connectivity index (χ2v) is 6.05. The lowest BCUT2D eigenvalue weighted by molar-refractivity contribution is 0.315. The van der Waals surface area contributed by atoms with Crippen LogP contribution in [0.25, 0.3) is 6.08 Å². The van der Waals surface area contributed by atoms with E-state index in [2.05, 4.69) is 11.3 Å². The Morgan fingerprint density at radius 2 is 1.04 bits per heavy atom. The van der Waals surface area contributed by atoms with Gasteiger partial charge in [-0.3, -0.25) is 4.55 Å². The topological polar surface area (TPSA) is 63.6 Å². The molecule has 146 valence electrons. The van der Waals surface area contributed by atoms with Gasteiger partial charge in [0.25, 0.3) is 0 Å². The molecule has 2 rings (SSSR count). The molecule has 0 saturated heterocycles. The minimum absolute atomic E-state index is 0.363. The Bertz CT molecular complexity index is 1020. The van der Waals surface area contributed by atoms with Crippen molar-refractivity contribution in [1.29, 1.82) is 0 Å². The van der Waals surface area contributed by atoms with Crippen LogP contribution in [0.1, 0.15) is 5.56 Å². The van der Waals surface area contributed by atoms with Gasteiger partial charge >= 0.3 is 10.1 Å². The molecule has 27 heavy (non-hydrogen) atoms. The molecule has 0 unspecified atom stereocenters. The molecule has 0 heterocycles. The van der Waals surface area contributed by atoms with E-state index in [4.69, 9.17) is 4.55 Å². The van der Waals surface area contributed by atoms with Crippen molar-refractivity contribution in [2.24, 2.45) is 0 Å². The lowest BCUT2D eigenvalue weighted by Gasteiger charge is -2.14. The quantitative estimate of drug-likeness (QED) is 0.450. The maximum atomic E-state index is 13.8. The molecule has 0 aliphatic rings. The van der Waals surface area contributed by atoms with Crippen molar-refractivity contribution < 1.29 is 52.8 Å². The fourth-order valence-electron chi connectivity index (χ4n) is 1.91. The Kier molecular flexibility index (Phi) is 5.21. The molecule has 0 atom stereocenters. The summed E-state index contributed by atoms with van der Waals surface area (Å²) in [5.41, 5.74) is -1.31. The van der Waals surface area contributed by atoms with Gasteiger partial charge in [-0.15, -0.1) is 0 Å². The highest BCUT2D eigenvalue weighted by Crippen LogP contribution is 2.38. The van der Waals surface area contributed by atoms with Crippen LogP contribution in [0, 0.1) is 46.5 Å². The summed E-state index contributed by atoms with van der Waals surface area (Å²) >= 11 is 0. The fourth-order valence-corrected chi connectivity index (χ4v) is 2.54. The Morgan fingerprint density at radius 3 is 1.33 bits per heavy atom. The highest BCUT2D eigenvalue weighted by Gasteiger charge is 2.35. The van der Waals surface area contributed by atoms with Crippen molar-refractivity contribution in [3.05, 3.63) is 58.7 Å². The van der Waals surface area contributed by atoms with Gasteiger partial charge < -0.3 is 4.74 Å². The summed E-state index contributed by atoms with van der Waals surface area (Å²) in [6.45, 7) is 2.88. The predicted octanol–water partition coefficient (Wildman–Crippen LogP) is 4.48. The molecule has 0 aromatic heterocycles. The van der Waals surface area contributed by atoms with Crippen molar-refractivity contribution in [2.75, 3.05) is 0 Å². The van der Waals surface area contributed by atoms with Crippen molar-refractivity contribution >= 4 is 16.2 Å². The van der Waals surface area contributed by atoms with Gasteiger partial charge in [-0.25, -0.2) is 17.6 Å². The van der Waals surface area contributed by atoms with E-state index in [1.807, 2.05) is 0 Å². The van der Waals surface area contributed by atoms with Crippen LogP contribution in [0.5, 0.6) is 11.5 Å². The van der Waals surface area contributed by atoms with Gasteiger partial charge in [0.1, 0.15) is 0 Å². The summed E-state index contributed by atoms with van der Waals surface area (Å²) in [5, 5.41) is 0. The maximum Gasteiger partial charge on any atom is 0.300 e. The molecule has 2 aromatic carbocycles. The van der Waals surface area contributed by atoms with Crippen LogP contribution < -0.4 is 4.74 Å². The van der Waals surface area contributed by atoms with Gasteiger partial charge in [-0.2, -0.15) is 26.0 Å². The van der Waals surface area contributed by atoms with Crippen LogP contribution >= 0.6 is 0 Å². The number of rotatable bonds is 4. The smallest absolute Gasteiger partial charge is 0.300 e. The molecule has 0 fully saturated rings. The number of hydrogen-bond acceptors (Lipinski definition) is 3. The Hall–Kier alpha value is -2.67. The van der Waals surface area contributed by atoms with E-state index in [-0.39, 0.29) is 0 Å². The number of benzene rings is 2. The minimum atomic E-state index is -5.80. The van der Waals surface area contributed by atoms with E-state index in [0.29, 0.717) is 6.08 Å².